The summed E-state index contributed by atoms with van der Waals surface area (Å²) in [5.74, 6) is 2.26. The zero-order valence-electron chi connectivity index (χ0n) is 19.8. The zero-order chi connectivity index (χ0) is 23.0. The smallest absolute Gasteiger partial charge is 0.252 e. The number of benzene rings is 2. The number of aromatic nitrogens is 1. The van der Waals surface area contributed by atoms with Crippen LogP contribution < -0.4 is 10.6 Å². The molecule has 4 rings (SSSR count). The molecule has 4 nitrogen and oxygen atoms in total. The highest BCUT2D eigenvalue weighted by molar-refractivity contribution is 7.99. The first kappa shape index (κ1) is 23.6. The predicted molar refractivity (Wildman–Crippen MR) is 142 cm³/mol. The van der Waals surface area contributed by atoms with Crippen molar-refractivity contribution in [2.24, 2.45) is 0 Å². The van der Waals surface area contributed by atoms with Gasteiger partial charge < -0.3 is 10.6 Å². The second kappa shape index (κ2) is 11.6. The third-order valence-electron chi connectivity index (χ3n) is 6.32. The van der Waals surface area contributed by atoms with Gasteiger partial charge >= 0.3 is 0 Å². The molecule has 1 saturated carbocycles. The van der Waals surface area contributed by atoms with Crippen LogP contribution in [-0.4, -0.2) is 28.4 Å². The quantitative estimate of drug-likeness (QED) is 0.329. The van der Waals surface area contributed by atoms with Crippen LogP contribution in [-0.2, 0) is 0 Å². The molecule has 0 radical (unpaired) electrons. The van der Waals surface area contributed by atoms with Gasteiger partial charge in [-0.2, -0.15) is 11.8 Å². The van der Waals surface area contributed by atoms with Crippen molar-refractivity contribution in [3.8, 4) is 0 Å². The monoisotopic (exact) mass is 461 g/mol. The molecule has 0 spiro atoms. The summed E-state index contributed by atoms with van der Waals surface area (Å²) in [6.07, 6.45) is 7.87. The molecule has 33 heavy (non-hydrogen) atoms. The van der Waals surface area contributed by atoms with Gasteiger partial charge in [-0.05, 0) is 60.8 Å². The molecule has 3 aromatic rings. The number of amides is 1. The normalized spacial score (nSPS) is 14.5. The molecule has 2 aromatic carbocycles. The van der Waals surface area contributed by atoms with Crippen LogP contribution in [0, 0.1) is 0 Å². The topological polar surface area (TPSA) is 54.0 Å². The standard InChI is InChI=1S/C28H35N3OS/c1-20(2)21-13-15-22(16-14-21)30-27-19-25(24-11-6-7-12-26(24)31-27)28(32)29-17-8-18-33-23-9-4-3-5-10-23/h6-7,11-16,19-20,23H,3-5,8-10,17-18H2,1-2H3,(H,29,32)(H,30,31). The van der Waals surface area contributed by atoms with Gasteiger partial charge in [0.05, 0.1) is 11.1 Å². The minimum atomic E-state index is -0.0329. The van der Waals surface area contributed by atoms with E-state index in [4.69, 9.17) is 4.98 Å². The van der Waals surface area contributed by atoms with Crippen molar-refractivity contribution in [2.75, 3.05) is 17.6 Å². The number of thioether (sulfide) groups is 1. The Balaban J connectivity index is 1.40. The number of para-hydroxylation sites is 1. The number of nitrogens with zero attached hydrogens (tertiary/aromatic N) is 1. The molecule has 1 fully saturated rings. The van der Waals surface area contributed by atoms with Gasteiger partial charge in [-0.25, -0.2) is 4.98 Å². The number of rotatable bonds is 9. The van der Waals surface area contributed by atoms with Crippen LogP contribution >= 0.6 is 11.8 Å². The Morgan fingerprint density at radius 2 is 1.82 bits per heavy atom. The Labute approximate surface area is 202 Å². The lowest BCUT2D eigenvalue weighted by atomic mass is 10.0. The van der Waals surface area contributed by atoms with Crippen molar-refractivity contribution in [2.45, 2.75) is 63.5 Å². The van der Waals surface area contributed by atoms with Gasteiger partial charge in [0.25, 0.3) is 5.91 Å². The molecular formula is C28H35N3OS. The van der Waals surface area contributed by atoms with E-state index >= 15 is 0 Å². The first-order chi connectivity index (χ1) is 16.1. The maximum Gasteiger partial charge on any atom is 0.252 e. The largest absolute Gasteiger partial charge is 0.352 e. The fourth-order valence-electron chi connectivity index (χ4n) is 4.38. The molecule has 1 aliphatic carbocycles. The first-order valence-corrected chi connectivity index (χ1v) is 13.3. The second-order valence-electron chi connectivity index (χ2n) is 9.21. The number of hydrogen-bond acceptors (Lipinski definition) is 4. The maximum absolute atomic E-state index is 13.1. The number of carbonyl (C=O) groups excluding carboxylic acids is 1. The second-order valence-corrected chi connectivity index (χ2v) is 10.6. The van der Waals surface area contributed by atoms with E-state index in [0.717, 1.165) is 34.0 Å². The van der Waals surface area contributed by atoms with E-state index < -0.39 is 0 Å². The third kappa shape index (κ3) is 6.50. The van der Waals surface area contributed by atoms with Gasteiger partial charge in [-0.3, -0.25) is 4.79 Å². The fraction of sp³-hybridized carbons (Fsp3) is 0.429. The average molecular weight is 462 g/mol. The van der Waals surface area contributed by atoms with Crippen LogP contribution in [0.1, 0.15) is 74.2 Å². The van der Waals surface area contributed by atoms with E-state index in [1.165, 1.54) is 37.7 Å². The van der Waals surface area contributed by atoms with Crippen LogP contribution in [0.25, 0.3) is 10.9 Å². The summed E-state index contributed by atoms with van der Waals surface area (Å²) in [6, 6.07) is 18.1. The molecule has 0 aliphatic heterocycles. The summed E-state index contributed by atoms with van der Waals surface area (Å²) in [7, 11) is 0. The minimum Gasteiger partial charge on any atom is -0.352 e. The van der Waals surface area contributed by atoms with Crippen molar-refractivity contribution in [3.63, 3.8) is 0 Å². The molecule has 0 bridgehead atoms. The Bertz CT molecular complexity index is 1060. The number of nitrogens with one attached hydrogen (secondary N) is 2. The first-order valence-electron chi connectivity index (χ1n) is 12.3. The van der Waals surface area contributed by atoms with Gasteiger partial charge in [-0.1, -0.05) is 63.4 Å². The van der Waals surface area contributed by atoms with Gasteiger partial charge in [0, 0.05) is 22.9 Å². The van der Waals surface area contributed by atoms with Crippen LogP contribution in [0.5, 0.6) is 0 Å². The summed E-state index contributed by atoms with van der Waals surface area (Å²) >= 11 is 2.08. The van der Waals surface area contributed by atoms with Gasteiger partial charge in [-0.15, -0.1) is 0 Å². The van der Waals surface area contributed by atoms with Crippen LogP contribution in [0.15, 0.2) is 54.6 Å². The van der Waals surface area contributed by atoms with Crippen molar-refractivity contribution < 1.29 is 4.79 Å². The predicted octanol–water partition coefficient (Wildman–Crippen LogP) is 7.29. The Morgan fingerprint density at radius 1 is 1.06 bits per heavy atom. The highest BCUT2D eigenvalue weighted by Gasteiger charge is 2.15. The van der Waals surface area contributed by atoms with Crippen molar-refractivity contribution in [1.29, 1.82) is 0 Å². The molecule has 1 amide bonds. The number of anilines is 2. The summed E-state index contributed by atoms with van der Waals surface area (Å²) in [5, 5.41) is 8.21. The summed E-state index contributed by atoms with van der Waals surface area (Å²) in [5.41, 5.74) is 3.75. The van der Waals surface area contributed by atoms with Crippen LogP contribution in [0.4, 0.5) is 11.5 Å². The molecule has 2 N–H and O–H groups in total. The van der Waals surface area contributed by atoms with E-state index in [1.54, 1.807) is 0 Å². The van der Waals surface area contributed by atoms with E-state index in [0.29, 0.717) is 23.8 Å². The molecule has 0 atom stereocenters. The average Bonchev–Trinajstić information content (AvgIpc) is 2.84. The maximum atomic E-state index is 13.1. The van der Waals surface area contributed by atoms with Crippen molar-refractivity contribution in [1.82, 2.24) is 10.3 Å². The fourth-order valence-corrected chi connectivity index (χ4v) is 5.69. The third-order valence-corrected chi connectivity index (χ3v) is 7.79. The number of fused-ring (bicyclic) bond motifs is 1. The summed E-state index contributed by atoms with van der Waals surface area (Å²) in [4.78, 5) is 17.8. The Hall–Kier alpha value is -2.53. The number of hydrogen-bond donors (Lipinski definition) is 2. The van der Waals surface area contributed by atoms with Crippen LogP contribution in [0.3, 0.4) is 0 Å². The number of pyridine rings is 1. The van der Waals surface area contributed by atoms with E-state index in [2.05, 4.69) is 60.5 Å². The minimum absolute atomic E-state index is 0.0329. The van der Waals surface area contributed by atoms with Crippen molar-refractivity contribution in [3.05, 3.63) is 65.7 Å². The molecular weight excluding hydrogens is 426 g/mol. The summed E-state index contributed by atoms with van der Waals surface area (Å²) < 4.78 is 0. The molecule has 1 aromatic heterocycles. The molecule has 0 unspecified atom stereocenters. The molecule has 1 heterocycles. The number of carbonyl (C=O) groups is 1. The van der Waals surface area contributed by atoms with Crippen LogP contribution in [0.2, 0.25) is 0 Å². The summed E-state index contributed by atoms with van der Waals surface area (Å²) in [6.45, 7) is 5.08. The van der Waals surface area contributed by atoms with Crippen molar-refractivity contribution >= 4 is 40.1 Å². The lowest BCUT2D eigenvalue weighted by Crippen LogP contribution is -2.25. The van der Waals surface area contributed by atoms with E-state index in [-0.39, 0.29) is 5.91 Å². The van der Waals surface area contributed by atoms with Gasteiger partial charge in [0.2, 0.25) is 0 Å². The van der Waals surface area contributed by atoms with E-state index in [9.17, 15) is 4.79 Å². The zero-order valence-corrected chi connectivity index (χ0v) is 20.6. The van der Waals surface area contributed by atoms with Gasteiger partial charge in [0.1, 0.15) is 5.82 Å². The highest BCUT2D eigenvalue weighted by Crippen LogP contribution is 2.28. The SMILES string of the molecule is CC(C)c1ccc(Nc2cc(C(=O)NCCCSC3CCCCC3)c3ccccc3n2)cc1. The molecule has 174 valence electrons. The van der Waals surface area contributed by atoms with E-state index in [1.807, 2.05) is 30.3 Å². The lowest BCUT2D eigenvalue weighted by molar-refractivity contribution is 0.0955. The molecule has 1 aliphatic rings. The molecule has 5 heteroatoms. The molecule has 0 saturated heterocycles. The highest BCUT2D eigenvalue weighted by atomic mass is 32.2. The lowest BCUT2D eigenvalue weighted by Gasteiger charge is -2.20. The Morgan fingerprint density at radius 3 is 2.58 bits per heavy atom. The Kier molecular flexibility index (Phi) is 8.27. The van der Waals surface area contributed by atoms with Gasteiger partial charge in [0.15, 0.2) is 0 Å².